The van der Waals surface area contributed by atoms with E-state index in [4.69, 9.17) is 4.74 Å². The SMILES string of the molecule is C=C(OCC)c1ncccc1CNC. The van der Waals surface area contributed by atoms with E-state index >= 15 is 0 Å². The van der Waals surface area contributed by atoms with Gasteiger partial charge in [-0.25, -0.2) is 0 Å². The number of rotatable bonds is 5. The molecule has 1 aromatic heterocycles. The van der Waals surface area contributed by atoms with Crippen LogP contribution in [-0.2, 0) is 11.3 Å². The molecule has 0 atom stereocenters. The highest BCUT2D eigenvalue weighted by atomic mass is 16.5. The summed E-state index contributed by atoms with van der Waals surface area (Å²) >= 11 is 0. The quantitative estimate of drug-likeness (QED) is 0.722. The van der Waals surface area contributed by atoms with Gasteiger partial charge in [0.2, 0.25) is 0 Å². The first kappa shape index (κ1) is 10.7. The number of hydrogen-bond acceptors (Lipinski definition) is 3. The van der Waals surface area contributed by atoms with Gasteiger partial charge in [0, 0.05) is 12.7 Å². The maximum Gasteiger partial charge on any atom is 0.138 e. The van der Waals surface area contributed by atoms with Crippen LogP contribution >= 0.6 is 0 Å². The van der Waals surface area contributed by atoms with Gasteiger partial charge in [0.15, 0.2) is 0 Å². The first-order chi connectivity index (χ1) is 6.79. The van der Waals surface area contributed by atoms with Crippen molar-refractivity contribution in [2.45, 2.75) is 13.5 Å². The maximum atomic E-state index is 5.33. The topological polar surface area (TPSA) is 34.1 Å². The Labute approximate surface area is 84.8 Å². The molecular formula is C11H16N2O. The van der Waals surface area contributed by atoms with Gasteiger partial charge in [0.1, 0.15) is 11.5 Å². The normalized spacial score (nSPS) is 9.86. The van der Waals surface area contributed by atoms with E-state index in [-0.39, 0.29) is 0 Å². The second-order valence-corrected chi connectivity index (χ2v) is 2.90. The van der Waals surface area contributed by atoms with Gasteiger partial charge >= 0.3 is 0 Å². The highest BCUT2D eigenvalue weighted by Crippen LogP contribution is 2.15. The first-order valence-electron chi connectivity index (χ1n) is 4.70. The molecule has 14 heavy (non-hydrogen) atoms. The van der Waals surface area contributed by atoms with Crippen LogP contribution in [0.2, 0.25) is 0 Å². The minimum Gasteiger partial charge on any atom is -0.492 e. The zero-order chi connectivity index (χ0) is 10.4. The van der Waals surface area contributed by atoms with E-state index in [2.05, 4.69) is 16.9 Å². The summed E-state index contributed by atoms with van der Waals surface area (Å²) in [5, 5.41) is 3.08. The lowest BCUT2D eigenvalue weighted by Crippen LogP contribution is -2.09. The average Bonchev–Trinajstić information content (AvgIpc) is 2.19. The molecule has 0 spiro atoms. The molecule has 0 aromatic carbocycles. The van der Waals surface area contributed by atoms with Crippen molar-refractivity contribution in [1.29, 1.82) is 0 Å². The number of nitrogens with zero attached hydrogens (tertiary/aromatic N) is 1. The Kier molecular flexibility index (Phi) is 4.13. The van der Waals surface area contributed by atoms with Crippen LogP contribution in [0.4, 0.5) is 0 Å². The van der Waals surface area contributed by atoms with Crippen molar-refractivity contribution in [3.05, 3.63) is 36.2 Å². The van der Waals surface area contributed by atoms with E-state index in [1.54, 1.807) is 6.20 Å². The highest BCUT2D eigenvalue weighted by Gasteiger charge is 2.06. The molecule has 1 heterocycles. The smallest absolute Gasteiger partial charge is 0.138 e. The molecule has 0 bridgehead atoms. The molecule has 1 rings (SSSR count). The standard InChI is InChI=1S/C11H16N2O/c1-4-14-9(2)11-10(8-12-3)6-5-7-13-11/h5-7,12H,2,4,8H2,1,3H3. The summed E-state index contributed by atoms with van der Waals surface area (Å²) in [6, 6.07) is 3.93. The van der Waals surface area contributed by atoms with E-state index in [1.807, 2.05) is 26.1 Å². The summed E-state index contributed by atoms with van der Waals surface area (Å²) in [6.07, 6.45) is 1.75. The predicted molar refractivity (Wildman–Crippen MR) is 57.7 cm³/mol. The summed E-state index contributed by atoms with van der Waals surface area (Å²) in [5.41, 5.74) is 1.94. The number of ether oxygens (including phenoxy) is 1. The predicted octanol–water partition coefficient (Wildman–Crippen LogP) is 1.81. The van der Waals surface area contributed by atoms with Gasteiger partial charge in [-0.15, -0.1) is 0 Å². The summed E-state index contributed by atoms with van der Waals surface area (Å²) in [7, 11) is 1.90. The van der Waals surface area contributed by atoms with Crippen LogP contribution in [0.3, 0.4) is 0 Å². The maximum absolute atomic E-state index is 5.33. The average molecular weight is 192 g/mol. The van der Waals surface area contributed by atoms with Crippen LogP contribution < -0.4 is 5.32 Å². The monoisotopic (exact) mass is 192 g/mol. The third kappa shape index (κ3) is 2.57. The van der Waals surface area contributed by atoms with Crippen molar-refractivity contribution in [3.8, 4) is 0 Å². The molecule has 76 valence electrons. The van der Waals surface area contributed by atoms with E-state index in [0.29, 0.717) is 12.4 Å². The lowest BCUT2D eigenvalue weighted by atomic mass is 10.1. The second kappa shape index (κ2) is 5.40. The molecule has 3 nitrogen and oxygen atoms in total. The van der Waals surface area contributed by atoms with Gasteiger partial charge in [-0.05, 0) is 25.6 Å². The zero-order valence-corrected chi connectivity index (χ0v) is 8.71. The Morgan fingerprint density at radius 1 is 1.64 bits per heavy atom. The number of hydrogen-bond donors (Lipinski definition) is 1. The Morgan fingerprint density at radius 2 is 2.43 bits per heavy atom. The Bertz CT molecular complexity index is 310. The second-order valence-electron chi connectivity index (χ2n) is 2.90. The number of aromatic nitrogens is 1. The fraction of sp³-hybridized carbons (Fsp3) is 0.364. The Balaban J connectivity index is 2.88. The van der Waals surface area contributed by atoms with Gasteiger partial charge in [-0.3, -0.25) is 4.98 Å². The third-order valence-electron chi connectivity index (χ3n) is 1.84. The molecule has 0 radical (unpaired) electrons. The van der Waals surface area contributed by atoms with Crippen molar-refractivity contribution in [2.75, 3.05) is 13.7 Å². The van der Waals surface area contributed by atoms with Crippen molar-refractivity contribution in [2.24, 2.45) is 0 Å². The lowest BCUT2D eigenvalue weighted by Gasteiger charge is -2.10. The molecule has 0 saturated heterocycles. The van der Waals surface area contributed by atoms with Crippen LogP contribution in [0, 0.1) is 0 Å². The molecule has 1 aromatic rings. The lowest BCUT2D eigenvalue weighted by molar-refractivity contribution is 0.297. The van der Waals surface area contributed by atoms with E-state index in [1.165, 1.54) is 0 Å². The van der Waals surface area contributed by atoms with Gasteiger partial charge in [-0.1, -0.05) is 12.6 Å². The molecule has 3 heteroatoms. The van der Waals surface area contributed by atoms with Gasteiger partial charge in [0.05, 0.1) is 6.61 Å². The molecular weight excluding hydrogens is 176 g/mol. The van der Waals surface area contributed by atoms with E-state index in [0.717, 1.165) is 17.8 Å². The summed E-state index contributed by atoms with van der Waals surface area (Å²) in [4.78, 5) is 4.25. The molecule has 1 N–H and O–H groups in total. The van der Waals surface area contributed by atoms with Crippen LogP contribution in [0.15, 0.2) is 24.9 Å². The molecule has 0 unspecified atom stereocenters. The van der Waals surface area contributed by atoms with Gasteiger partial charge in [0.25, 0.3) is 0 Å². The van der Waals surface area contributed by atoms with Crippen molar-refractivity contribution in [3.63, 3.8) is 0 Å². The fourth-order valence-corrected chi connectivity index (χ4v) is 1.27. The zero-order valence-electron chi connectivity index (χ0n) is 8.71. The largest absolute Gasteiger partial charge is 0.492 e. The highest BCUT2D eigenvalue weighted by molar-refractivity contribution is 5.56. The number of nitrogens with one attached hydrogen (secondary N) is 1. The van der Waals surface area contributed by atoms with Crippen LogP contribution in [0.25, 0.3) is 5.76 Å². The molecule has 0 amide bonds. The van der Waals surface area contributed by atoms with Crippen molar-refractivity contribution in [1.82, 2.24) is 10.3 Å². The van der Waals surface area contributed by atoms with Crippen molar-refractivity contribution >= 4 is 5.76 Å². The fourth-order valence-electron chi connectivity index (χ4n) is 1.27. The van der Waals surface area contributed by atoms with E-state index < -0.39 is 0 Å². The van der Waals surface area contributed by atoms with Crippen LogP contribution in [0.1, 0.15) is 18.2 Å². The molecule has 0 aliphatic carbocycles. The minimum absolute atomic E-state index is 0.619. The van der Waals surface area contributed by atoms with Crippen LogP contribution in [-0.4, -0.2) is 18.6 Å². The van der Waals surface area contributed by atoms with Gasteiger partial charge < -0.3 is 10.1 Å². The summed E-state index contributed by atoms with van der Waals surface area (Å²) in [5.74, 6) is 0.637. The summed E-state index contributed by atoms with van der Waals surface area (Å²) < 4.78 is 5.33. The molecule has 0 fully saturated rings. The molecule has 0 aliphatic heterocycles. The minimum atomic E-state index is 0.619. The van der Waals surface area contributed by atoms with E-state index in [9.17, 15) is 0 Å². The Morgan fingerprint density at radius 3 is 3.07 bits per heavy atom. The first-order valence-corrected chi connectivity index (χ1v) is 4.70. The summed E-state index contributed by atoms with van der Waals surface area (Å²) in [6.45, 7) is 7.17. The number of pyridine rings is 1. The molecule has 0 aliphatic rings. The van der Waals surface area contributed by atoms with Crippen LogP contribution in [0.5, 0.6) is 0 Å². The van der Waals surface area contributed by atoms with Gasteiger partial charge in [-0.2, -0.15) is 0 Å². The third-order valence-corrected chi connectivity index (χ3v) is 1.84. The Hall–Kier alpha value is -1.35. The molecule has 0 saturated carbocycles. The van der Waals surface area contributed by atoms with Crippen molar-refractivity contribution < 1.29 is 4.74 Å².